The third kappa shape index (κ3) is 5.35. The lowest BCUT2D eigenvalue weighted by Crippen LogP contribution is -2.44. The monoisotopic (exact) mass is 465 g/mol. The molecule has 7 nitrogen and oxygen atoms in total. The van der Waals surface area contributed by atoms with E-state index in [0.29, 0.717) is 12.1 Å². The van der Waals surface area contributed by atoms with Gasteiger partial charge in [-0.2, -0.15) is 0 Å². The fourth-order valence-corrected chi connectivity index (χ4v) is 5.33. The van der Waals surface area contributed by atoms with E-state index in [-0.39, 0.29) is 5.91 Å². The molecule has 2 aliphatic rings. The molecule has 33 heavy (non-hydrogen) atoms. The van der Waals surface area contributed by atoms with Crippen LogP contribution in [0.5, 0.6) is 0 Å². The summed E-state index contributed by atoms with van der Waals surface area (Å²) < 4.78 is 6.41. The van der Waals surface area contributed by atoms with E-state index < -0.39 is 0 Å². The molecule has 2 fully saturated rings. The molecular weight excluding hydrogens is 434 g/mol. The third-order valence-corrected chi connectivity index (χ3v) is 7.52. The number of likely N-dealkylation sites (N-methyl/N-ethyl adjacent to an activating group) is 1. The first kappa shape index (κ1) is 22.3. The largest absolute Gasteiger partial charge is 0.379 e. The van der Waals surface area contributed by atoms with Crippen LogP contribution in [0.4, 0.5) is 5.69 Å². The second kappa shape index (κ2) is 10.2. The number of hydrogen-bond acceptors (Lipinski definition) is 7. The number of fused-ring (bicyclic) bond motifs is 1. The van der Waals surface area contributed by atoms with Crippen LogP contribution in [0.15, 0.2) is 42.5 Å². The number of amides is 1. The average Bonchev–Trinajstić information content (AvgIpc) is 3.29. The van der Waals surface area contributed by atoms with Crippen LogP contribution in [0.1, 0.15) is 10.4 Å². The van der Waals surface area contributed by atoms with Crippen molar-refractivity contribution in [2.75, 3.05) is 77.5 Å². The normalized spacial score (nSPS) is 18.0. The van der Waals surface area contributed by atoms with E-state index in [1.54, 1.807) is 11.3 Å². The predicted octanol–water partition coefficient (Wildman–Crippen LogP) is 2.78. The van der Waals surface area contributed by atoms with E-state index >= 15 is 0 Å². The highest BCUT2D eigenvalue weighted by Gasteiger charge is 2.15. The van der Waals surface area contributed by atoms with Crippen molar-refractivity contribution in [1.82, 2.24) is 20.1 Å². The van der Waals surface area contributed by atoms with Crippen molar-refractivity contribution in [3.8, 4) is 10.6 Å². The fourth-order valence-electron chi connectivity index (χ4n) is 4.32. The molecule has 2 aliphatic heterocycles. The van der Waals surface area contributed by atoms with Gasteiger partial charge in [0.05, 0.1) is 23.4 Å². The quantitative estimate of drug-likeness (QED) is 0.604. The minimum Gasteiger partial charge on any atom is -0.379 e. The van der Waals surface area contributed by atoms with Crippen molar-refractivity contribution >= 4 is 33.1 Å². The smallest absolute Gasteiger partial charge is 0.251 e. The molecule has 1 aromatic heterocycles. The SMILES string of the molecule is CN1CCN(c2ccc(-c3nc4ccc(C(=O)NCCN5CCOCC5)cc4s3)cc2)CC1. The summed E-state index contributed by atoms with van der Waals surface area (Å²) in [6, 6.07) is 14.5. The first-order chi connectivity index (χ1) is 16.2. The average molecular weight is 466 g/mol. The van der Waals surface area contributed by atoms with Gasteiger partial charge in [0.25, 0.3) is 5.91 Å². The molecule has 0 spiro atoms. The molecule has 0 atom stereocenters. The summed E-state index contributed by atoms with van der Waals surface area (Å²) in [7, 11) is 2.17. The zero-order valence-electron chi connectivity index (χ0n) is 19.1. The van der Waals surface area contributed by atoms with Gasteiger partial charge < -0.3 is 19.9 Å². The van der Waals surface area contributed by atoms with Crippen molar-refractivity contribution < 1.29 is 9.53 Å². The van der Waals surface area contributed by atoms with Gasteiger partial charge in [0.1, 0.15) is 5.01 Å². The van der Waals surface area contributed by atoms with Gasteiger partial charge in [-0.3, -0.25) is 9.69 Å². The number of thiazole rings is 1. The summed E-state index contributed by atoms with van der Waals surface area (Å²) in [6.45, 7) is 9.24. The van der Waals surface area contributed by atoms with E-state index in [9.17, 15) is 4.79 Å². The van der Waals surface area contributed by atoms with Gasteiger partial charge in [-0.1, -0.05) is 0 Å². The van der Waals surface area contributed by atoms with E-state index in [0.717, 1.165) is 79.8 Å². The Kier molecular flexibility index (Phi) is 6.87. The Morgan fingerprint density at radius 3 is 2.55 bits per heavy atom. The van der Waals surface area contributed by atoms with Crippen LogP contribution in [-0.4, -0.2) is 93.3 Å². The van der Waals surface area contributed by atoms with Gasteiger partial charge >= 0.3 is 0 Å². The Morgan fingerprint density at radius 1 is 1.03 bits per heavy atom. The molecule has 3 heterocycles. The number of morpholine rings is 1. The molecule has 1 N–H and O–H groups in total. The number of ether oxygens (including phenoxy) is 1. The summed E-state index contributed by atoms with van der Waals surface area (Å²) in [4.78, 5) is 24.6. The molecule has 0 aliphatic carbocycles. The van der Waals surface area contributed by atoms with E-state index in [1.807, 2.05) is 18.2 Å². The van der Waals surface area contributed by atoms with Gasteiger partial charge in [0.15, 0.2) is 0 Å². The molecule has 3 aromatic rings. The molecule has 8 heteroatoms. The van der Waals surface area contributed by atoms with Crippen LogP contribution in [0, 0.1) is 0 Å². The summed E-state index contributed by atoms with van der Waals surface area (Å²) in [5, 5.41) is 4.03. The van der Waals surface area contributed by atoms with Gasteiger partial charge in [-0.15, -0.1) is 11.3 Å². The van der Waals surface area contributed by atoms with Crippen molar-refractivity contribution in [3.63, 3.8) is 0 Å². The molecule has 2 aromatic carbocycles. The van der Waals surface area contributed by atoms with Gasteiger partial charge in [-0.05, 0) is 49.5 Å². The maximum atomic E-state index is 12.6. The number of hydrogen-bond donors (Lipinski definition) is 1. The van der Waals surface area contributed by atoms with Gasteiger partial charge in [0, 0.05) is 69.2 Å². The number of carbonyl (C=O) groups is 1. The van der Waals surface area contributed by atoms with E-state index in [2.05, 4.69) is 51.3 Å². The van der Waals surface area contributed by atoms with Crippen LogP contribution in [0.25, 0.3) is 20.8 Å². The first-order valence-electron chi connectivity index (χ1n) is 11.7. The molecular formula is C25H31N5O2S. The Labute approximate surface area is 199 Å². The molecule has 5 rings (SSSR count). The number of benzene rings is 2. The highest BCUT2D eigenvalue weighted by molar-refractivity contribution is 7.21. The maximum absolute atomic E-state index is 12.6. The molecule has 0 radical (unpaired) electrons. The number of aromatic nitrogens is 1. The van der Waals surface area contributed by atoms with Gasteiger partial charge in [-0.25, -0.2) is 4.98 Å². The summed E-state index contributed by atoms with van der Waals surface area (Å²) in [6.07, 6.45) is 0. The van der Waals surface area contributed by atoms with Crippen LogP contribution in [0.3, 0.4) is 0 Å². The van der Waals surface area contributed by atoms with E-state index in [4.69, 9.17) is 9.72 Å². The van der Waals surface area contributed by atoms with Crippen molar-refractivity contribution in [3.05, 3.63) is 48.0 Å². The predicted molar refractivity (Wildman–Crippen MR) is 134 cm³/mol. The number of nitrogens with zero attached hydrogens (tertiary/aromatic N) is 4. The second-order valence-electron chi connectivity index (χ2n) is 8.75. The lowest BCUT2D eigenvalue weighted by molar-refractivity contribution is 0.0383. The molecule has 1 amide bonds. The van der Waals surface area contributed by atoms with Crippen LogP contribution in [0.2, 0.25) is 0 Å². The Hall–Kier alpha value is -2.52. The third-order valence-electron chi connectivity index (χ3n) is 6.45. The standard InChI is InChI=1S/C25H31N5O2S/c1-28-10-12-30(13-11-28)21-5-2-19(3-6-21)25-27-22-7-4-20(18-23(22)33-25)24(31)26-8-9-29-14-16-32-17-15-29/h2-7,18H,8-17H2,1H3,(H,26,31). The second-order valence-corrected chi connectivity index (χ2v) is 9.78. The zero-order chi connectivity index (χ0) is 22.6. The zero-order valence-corrected chi connectivity index (χ0v) is 19.9. The number of piperazine rings is 1. The topological polar surface area (TPSA) is 60.9 Å². The number of nitrogens with one attached hydrogen (secondary N) is 1. The van der Waals surface area contributed by atoms with Crippen molar-refractivity contribution in [2.45, 2.75) is 0 Å². The molecule has 0 saturated carbocycles. The summed E-state index contributed by atoms with van der Waals surface area (Å²) in [5.74, 6) is -0.0309. The van der Waals surface area contributed by atoms with Crippen molar-refractivity contribution in [1.29, 1.82) is 0 Å². The van der Waals surface area contributed by atoms with Crippen LogP contribution >= 0.6 is 11.3 Å². The summed E-state index contributed by atoms with van der Waals surface area (Å²) >= 11 is 1.64. The highest BCUT2D eigenvalue weighted by atomic mass is 32.1. The van der Waals surface area contributed by atoms with E-state index in [1.165, 1.54) is 5.69 Å². The number of anilines is 1. The van der Waals surface area contributed by atoms with Crippen LogP contribution in [-0.2, 0) is 4.74 Å². The first-order valence-corrected chi connectivity index (χ1v) is 12.5. The van der Waals surface area contributed by atoms with Crippen LogP contribution < -0.4 is 10.2 Å². The summed E-state index contributed by atoms with van der Waals surface area (Å²) in [5.41, 5.74) is 4.00. The number of carbonyl (C=O) groups excluding carboxylic acids is 1. The minimum absolute atomic E-state index is 0.0309. The molecule has 2 saturated heterocycles. The lowest BCUT2D eigenvalue weighted by Gasteiger charge is -2.34. The number of rotatable bonds is 6. The minimum atomic E-state index is -0.0309. The molecule has 0 unspecified atom stereocenters. The van der Waals surface area contributed by atoms with Crippen molar-refractivity contribution in [2.24, 2.45) is 0 Å². The molecule has 0 bridgehead atoms. The Balaban J connectivity index is 1.23. The maximum Gasteiger partial charge on any atom is 0.251 e. The van der Waals surface area contributed by atoms with Gasteiger partial charge in [0.2, 0.25) is 0 Å². The Morgan fingerprint density at radius 2 is 1.79 bits per heavy atom. The Bertz CT molecular complexity index is 1090. The molecule has 174 valence electrons. The fraction of sp³-hybridized carbons (Fsp3) is 0.440. The lowest BCUT2D eigenvalue weighted by atomic mass is 10.2. The highest BCUT2D eigenvalue weighted by Crippen LogP contribution is 2.32.